The molecule has 94 heavy (non-hydrogen) atoms. The van der Waals surface area contributed by atoms with Crippen LogP contribution in [-0.4, -0.2) is 70.0 Å². The average molecular weight is 1340 g/mol. The molecule has 0 heterocycles. The van der Waals surface area contributed by atoms with E-state index in [0.717, 1.165) is 64.2 Å². The van der Waals surface area contributed by atoms with Crippen LogP contribution in [0.1, 0.15) is 412 Å². The second-order valence-electron chi connectivity index (χ2n) is 29.1. The van der Waals surface area contributed by atoms with E-state index in [2.05, 4.69) is 74.6 Å². The molecule has 2 unspecified atom stereocenters. The van der Waals surface area contributed by atoms with Crippen molar-refractivity contribution in [3.05, 3.63) is 60.8 Å². The van der Waals surface area contributed by atoms with E-state index in [0.29, 0.717) is 17.4 Å². The highest BCUT2D eigenvalue weighted by molar-refractivity contribution is 7.45. The number of carbonyl (C=O) groups excluding carboxylic acids is 2. The van der Waals surface area contributed by atoms with Crippen molar-refractivity contribution in [1.82, 2.24) is 0 Å². The van der Waals surface area contributed by atoms with Gasteiger partial charge >= 0.3 is 11.9 Å². The Labute approximate surface area is 585 Å². The van der Waals surface area contributed by atoms with Gasteiger partial charge in [-0.2, -0.15) is 0 Å². The van der Waals surface area contributed by atoms with E-state index in [1.54, 1.807) is 0 Å². The maximum atomic E-state index is 12.9. The molecule has 0 saturated heterocycles. The molecule has 0 aromatic carbocycles. The van der Waals surface area contributed by atoms with Gasteiger partial charge in [0.05, 0.1) is 27.7 Å². The summed E-state index contributed by atoms with van der Waals surface area (Å²) in [6.07, 6.45) is 101. The van der Waals surface area contributed by atoms with Gasteiger partial charge in [0.25, 0.3) is 7.82 Å². The van der Waals surface area contributed by atoms with Gasteiger partial charge in [0.2, 0.25) is 0 Å². The number of carbonyl (C=O) groups is 2. The summed E-state index contributed by atoms with van der Waals surface area (Å²) in [5.41, 5.74) is 0. The molecule has 0 bridgehead atoms. The van der Waals surface area contributed by atoms with Crippen molar-refractivity contribution in [1.29, 1.82) is 0 Å². The lowest BCUT2D eigenvalue weighted by Gasteiger charge is -2.28. The summed E-state index contributed by atoms with van der Waals surface area (Å²) in [7, 11) is 1.18. The molecular formula is C84H158NO8P. The zero-order valence-corrected chi connectivity index (χ0v) is 64.1. The van der Waals surface area contributed by atoms with Gasteiger partial charge in [-0.25, -0.2) is 0 Å². The third kappa shape index (κ3) is 78.7. The molecule has 9 nitrogen and oxygen atoms in total. The van der Waals surface area contributed by atoms with Crippen LogP contribution in [0.4, 0.5) is 0 Å². The largest absolute Gasteiger partial charge is 0.756 e. The Hall–Kier alpha value is -2.29. The van der Waals surface area contributed by atoms with Crippen molar-refractivity contribution in [2.75, 3.05) is 47.5 Å². The van der Waals surface area contributed by atoms with Gasteiger partial charge in [-0.05, 0) is 77.0 Å². The first-order valence-corrected chi connectivity index (χ1v) is 42.5. The van der Waals surface area contributed by atoms with E-state index in [9.17, 15) is 19.0 Å². The third-order valence-corrected chi connectivity index (χ3v) is 19.5. The molecule has 0 aliphatic rings. The van der Waals surface area contributed by atoms with Gasteiger partial charge in [0, 0.05) is 12.8 Å². The van der Waals surface area contributed by atoms with E-state index < -0.39 is 26.5 Å². The summed E-state index contributed by atoms with van der Waals surface area (Å²) in [6.45, 7) is 4.20. The first-order valence-electron chi connectivity index (χ1n) is 41.0. The Morgan fingerprint density at radius 2 is 0.606 bits per heavy atom. The molecule has 552 valence electrons. The standard InChI is InChI=1S/C84H158NO8P/c1-6-8-10-12-14-16-18-20-22-24-26-28-30-32-34-36-37-38-39-40-41-42-43-44-45-46-47-49-50-52-54-56-58-60-62-64-66-68-70-72-74-76-83(86)90-80-82(81-92-94(88,89)91-79-78-85(3,4)5)93-84(87)77-75-73-71-69-67-65-63-61-59-57-55-53-51-48-35-33-31-29-27-25-23-21-19-17-15-13-11-9-7-2/h9,11,15,17,21,23-24,26-27,29,82H,6-8,10,12-14,16,18-20,22,25,28,30-81H2,1-5H3/b11-9-,17-15-,23-21-,26-24-,29-27-. The highest BCUT2D eigenvalue weighted by atomic mass is 31.2. The number of esters is 2. The smallest absolute Gasteiger partial charge is 0.306 e. The lowest BCUT2D eigenvalue weighted by molar-refractivity contribution is -0.870. The SMILES string of the molecule is CC/C=C\C/C=C\C/C=C\C/C=C\CCCCCCCCCCCCCCCCCCC(=O)OC(COC(=O)CCCCCCCCCCCCCCCCCCCCCCCCCCCCCCC/C=C\CCCCCCCCCC)COP(=O)([O-])OCC[N+](C)(C)C. The molecule has 0 saturated carbocycles. The minimum atomic E-state index is -4.64. The van der Waals surface area contributed by atoms with E-state index in [-0.39, 0.29) is 32.0 Å². The number of ether oxygens (including phenoxy) is 2. The molecule has 0 aliphatic carbocycles. The van der Waals surface area contributed by atoms with E-state index in [4.69, 9.17) is 18.5 Å². The van der Waals surface area contributed by atoms with Crippen LogP contribution in [0.3, 0.4) is 0 Å². The number of nitrogens with zero attached hydrogens (tertiary/aromatic N) is 1. The Balaban J connectivity index is 3.87. The number of allylic oxidation sites excluding steroid dienone is 10. The van der Waals surface area contributed by atoms with Crippen LogP contribution in [0.5, 0.6) is 0 Å². The van der Waals surface area contributed by atoms with E-state index in [1.807, 2.05) is 21.1 Å². The zero-order valence-electron chi connectivity index (χ0n) is 63.2. The zero-order chi connectivity index (χ0) is 68.3. The quantitative estimate of drug-likeness (QED) is 0.0195. The number of hydrogen-bond acceptors (Lipinski definition) is 8. The molecular weight excluding hydrogens is 1180 g/mol. The number of phosphoric acid groups is 1. The normalized spacial score (nSPS) is 13.3. The molecule has 0 fully saturated rings. The van der Waals surface area contributed by atoms with E-state index in [1.165, 1.54) is 315 Å². The minimum absolute atomic E-state index is 0.0292. The molecule has 0 aliphatic heterocycles. The molecule has 0 aromatic rings. The van der Waals surface area contributed by atoms with Gasteiger partial charge in [0.15, 0.2) is 6.10 Å². The average Bonchev–Trinajstić information content (AvgIpc) is 1.65. The number of unbranched alkanes of at least 4 members (excludes halogenated alkanes) is 53. The second kappa shape index (κ2) is 74.9. The summed E-state index contributed by atoms with van der Waals surface area (Å²) in [5, 5.41) is 0. The Morgan fingerprint density at radius 3 is 0.915 bits per heavy atom. The van der Waals surface area contributed by atoms with Crippen molar-refractivity contribution < 1.29 is 42.1 Å². The number of quaternary nitrogens is 1. The van der Waals surface area contributed by atoms with Gasteiger partial charge in [-0.15, -0.1) is 0 Å². The molecule has 10 heteroatoms. The molecule has 0 rings (SSSR count). The van der Waals surface area contributed by atoms with Crippen LogP contribution in [-0.2, 0) is 32.7 Å². The topological polar surface area (TPSA) is 111 Å². The summed E-state index contributed by atoms with van der Waals surface area (Å²) in [6, 6.07) is 0. The fourth-order valence-corrected chi connectivity index (χ4v) is 13.0. The molecule has 0 aromatic heterocycles. The monoisotopic (exact) mass is 1340 g/mol. The van der Waals surface area contributed by atoms with Crippen molar-refractivity contribution in [3.8, 4) is 0 Å². The fourth-order valence-electron chi connectivity index (χ4n) is 12.3. The highest BCUT2D eigenvalue weighted by Crippen LogP contribution is 2.38. The fraction of sp³-hybridized carbons (Fsp3) is 0.857. The van der Waals surface area contributed by atoms with Crippen molar-refractivity contribution >= 4 is 19.8 Å². The van der Waals surface area contributed by atoms with Gasteiger partial charge in [0.1, 0.15) is 19.8 Å². The summed E-state index contributed by atoms with van der Waals surface area (Å²) in [4.78, 5) is 38.2. The lowest BCUT2D eigenvalue weighted by Crippen LogP contribution is -2.37. The van der Waals surface area contributed by atoms with Crippen LogP contribution in [0.2, 0.25) is 0 Å². The van der Waals surface area contributed by atoms with E-state index >= 15 is 0 Å². The second-order valence-corrected chi connectivity index (χ2v) is 30.5. The Morgan fingerprint density at radius 1 is 0.340 bits per heavy atom. The van der Waals surface area contributed by atoms with Gasteiger partial charge in [-0.3, -0.25) is 14.2 Å². The molecule has 2 atom stereocenters. The van der Waals surface area contributed by atoms with Gasteiger partial charge in [-0.1, -0.05) is 383 Å². The third-order valence-electron chi connectivity index (χ3n) is 18.5. The molecule has 0 N–H and O–H groups in total. The Kier molecular flexibility index (Phi) is 73.1. The van der Waals surface area contributed by atoms with Crippen molar-refractivity contribution in [3.63, 3.8) is 0 Å². The number of phosphoric ester groups is 1. The summed E-state index contributed by atoms with van der Waals surface area (Å²) in [5.74, 6) is -0.812. The summed E-state index contributed by atoms with van der Waals surface area (Å²) < 4.78 is 34.4. The number of likely N-dealkylation sites (N-methyl/N-ethyl adjacent to an activating group) is 1. The maximum absolute atomic E-state index is 12.9. The number of rotatable bonds is 77. The Bertz CT molecular complexity index is 1770. The summed E-state index contributed by atoms with van der Waals surface area (Å²) >= 11 is 0. The molecule has 0 spiro atoms. The van der Waals surface area contributed by atoms with Crippen LogP contribution in [0.25, 0.3) is 0 Å². The van der Waals surface area contributed by atoms with Crippen LogP contribution in [0, 0.1) is 0 Å². The first kappa shape index (κ1) is 91.7. The maximum Gasteiger partial charge on any atom is 0.306 e. The number of hydrogen-bond donors (Lipinski definition) is 0. The lowest BCUT2D eigenvalue weighted by atomic mass is 10.0. The predicted octanol–water partition coefficient (Wildman–Crippen LogP) is 26.7. The first-order chi connectivity index (χ1) is 46.0. The minimum Gasteiger partial charge on any atom is -0.756 e. The van der Waals surface area contributed by atoms with Crippen molar-refractivity contribution in [2.45, 2.75) is 418 Å². The molecule has 0 amide bonds. The van der Waals surface area contributed by atoms with Crippen LogP contribution in [0.15, 0.2) is 60.8 Å². The van der Waals surface area contributed by atoms with Crippen LogP contribution >= 0.6 is 7.82 Å². The van der Waals surface area contributed by atoms with Gasteiger partial charge < -0.3 is 27.9 Å². The highest BCUT2D eigenvalue weighted by Gasteiger charge is 2.22. The van der Waals surface area contributed by atoms with Crippen LogP contribution < -0.4 is 4.89 Å². The molecule has 0 radical (unpaired) electrons. The van der Waals surface area contributed by atoms with Crippen molar-refractivity contribution in [2.24, 2.45) is 0 Å². The predicted molar refractivity (Wildman–Crippen MR) is 407 cm³/mol.